The number of benzene rings is 2. The Kier molecular flexibility index (Phi) is 2.97. The highest BCUT2D eigenvalue weighted by molar-refractivity contribution is 14.1. The number of nitrogens with zero attached hydrogens (tertiary/aromatic N) is 2. The van der Waals surface area contributed by atoms with E-state index in [1.165, 1.54) is 5.56 Å². The van der Waals surface area contributed by atoms with Gasteiger partial charge in [0.25, 0.3) is 0 Å². The maximum absolute atomic E-state index is 10.0. The number of fused-ring (bicyclic) bond motifs is 1. The van der Waals surface area contributed by atoms with Gasteiger partial charge in [0.05, 0.1) is 16.6 Å². The minimum Gasteiger partial charge on any atom is -0.507 e. The lowest BCUT2D eigenvalue weighted by molar-refractivity contribution is 0.476. The van der Waals surface area contributed by atoms with Crippen molar-refractivity contribution < 1.29 is 5.11 Å². The summed E-state index contributed by atoms with van der Waals surface area (Å²) >= 11 is 2.24. The molecule has 19 heavy (non-hydrogen) atoms. The van der Waals surface area contributed by atoms with Gasteiger partial charge in [-0.15, -0.1) is 0 Å². The SMILES string of the molecule is Cc1ccc2c(c1)nc(-c1cc(I)ccc1O)n2C. The molecule has 0 amide bonds. The Labute approximate surface area is 125 Å². The molecular formula is C15H13IN2O. The van der Waals surface area contributed by atoms with E-state index in [9.17, 15) is 5.11 Å². The van der Waals surface area contributed by atoms with E-state index in [1.807, 2.05) is 23.7 Å². The van der Waals surface area contributed by atoms with Crippen LogP contribution >= 0.6 is 22.6 Å². The molecule has 1 N–H and O–H groups in total. The number of halogens is 1. The fourth-order valence-corrected chi connectivity index (χ4v) is 2.73. The number of rotatable bonds is 1. The third kappa shape index (κ3) is 2.10. The van der Waals surface area contributed by atoms with Gasteiger partial charge in [0.15, 0.2) is 0 Å². The summed E-state index contributed by atoms with van der Waals surface area (Å²) in [6.45, 7) is 2.05. The van der Waals surface area contributed by atoms with Crippen molar-refractivity contribution in [3.63, 3.8) is 0 Å². The molecule has 4 heteroatoms. The molecule has 2 aromatic carbocycles. The van der Waals surface area contributed by atoms with Crippen LogP contribution in [0, 0.1) is 10.5 Å². The number of aromatic nitrogens is 2. The number of imidazole rings is 1. The number of aryl methyl sites for hydroxylation is 2. The number of phenolic OH excluding ortho intramolecular Hbond substituents is 1. The van der Waals surface area contributed by atoms with E-state index < -0.39 is 0 Å². The molecule has 0 aliphatic rings. The van der Waals surface area contributed by atoms with Crippen molar-refractivity contribution in [1.82, 2.24) is 9.55 Å². The summed E-state index contributed by atoms with van der Waals surface area (Å²) in [5, 5.41) is 10.0. The zero-order chi connectivity index (χ0) is 13.6. The summed E-state index contributed by atoms with van der Waals surface area (Å²) < 4.78 is 3.09. The molecule has 0 fully saturated rings. The van der Waals surface area contributed by atoms with Crippen LogP contribution in [-0.2, 0) is 7.05 Å². The third-order valence-corrected chi connectivity index (χ3v) is 3.91. The van der Waals surface area contributed by atoms with Crippen LogP contribution in [-0.4, -0.2) is 14.7 Å². The van der Waals surface area contributed by atoms with Crippen molar-refractivity contribution in [2.24, 2.45) is 7.05 Å². The van der Waals surface area contributed by atoms with E-state index >= 15 is 0 Å². The number of phenols is 1. The first kappa shape index (κ1) is 12.5. The molecule has 0 unspecified atom stereocenters. The Morgan fingerprint density at radius 3 is 2.74 bits per heavy atom. The monoisotopic (exact) mass is 364 g/mol. The van der Waals surface area contributed by atoms with Gasteiger partial charge in [0.1, 0.15) is 11.6 Å². The largest absolute Gasteiger partial charge is 0.507 e. The molecule has 96 valence electrons. The van der Waals surface area contributed by atoms with Crippen molar-refractivity contribution in [2.75, 3.05) is 0 Å². The second kappa shape index (κ2) is 4.52. The van der Waals surface area contributed by atoms with Gasteiger partial charge in [-0.05, 0) is 65.4 Å². The smallest absolute Gasteiger partial charge is 0.144 e. The summed E-state index contributed by atoms with van der Waals surface area (Å²) in [4.78, 5) is 4.64. The Balaban J connectivity index is 2.30. The van der Waals surface area contributed by atoms with Gasteiger partial charge in [-0.2, -0.15) is 0 Å². The first-order valence-corrected chi connectivity index (χ1v) is 7.06. The first-order valence-electron chi connectivity index (χ1n) is 5.98. The second-order valence-corrected chi connectivity index (χ2v) is 5.89. The predicted octanol–water partition coefficient (Wildman–Crippen LogP) is 3.86. The van der Waals surface area contributed by atoms with E-state index in [0.29, 0.717) is 0 Å². The van der Waals surface area contributed by atoms with Crippen LogP contribution < -0.4 is 0 Å². The molecule has 0 aliphatic heterocycles. The van der Waals surface area contributed by atoms with Crippen LogP contribution in [0.2, 0.25) is 0 Å². The van der Waals surface area contributed by atoms with Crippen molar-refractivity contribution in [3.8, 4) is 17.1 Å². The maximum Gasteiger partial charge on any atom is 0.144 e. The van der Waals surface area contributed by atoms with Crippen molar-refractivity contribution in [3.05, 3.63) is 45.5 Å². The van der Waals surface area contributed by atoms with Crippen molar-refractivity contribution >= 4 is 33.6 Å². The number of aromatic hydroxyl groups is 1. The lowest BCUT2D eigenvalue weighted by Gasteiger charge is -2.05. The van der Waals surface area contributed by atoms with Crippen LogP contribution in [0.4, 0.5) is 0 Å². The molecule has 0 saturated heterocycles. The Morgan fingerprint density at radius 1 is 1.16 bits per heavy atom. The van der Waals surface area contributed by atoms with Gasteiger partial charge in [0.2, 0.25) is 0 Å². The molecule has 1 aromatic heterocycles. The maximum atomic E-state index is 10.0. The predicted molar refractivity (Wildman–Crippen MR) is 85.3 cm³/mol. The molecule has 0 spiro atoms. The van der Waals surface area contributed by atoms with Crippen LogP contribution in [0.1, 0.15) is 5.56 Å². The van der Waals surface area contributed by atoms with Gasteiger partial charge >= 0.3 is 0 Å². The molecule has 0 bridgehead atoms. The van der Waals surface area contributed by atoms with Crippen molar-refractivity contribution in [1.29, 1.82) is 0 Å². The Morgan fingerprint density at radius 2 is 1.95 bits per heavy atom. The Hall–Kier alpha value is -1.56. The minimum absolute atomic E-state index is 0.260. The fraction of sp³-hybridized carbons (Fsp3) is 0.133. The molecule has 0 aliphatic carbocycles. The van der Waals surface area contributed by atoms with E-state index in [-0.39, 0.29) is 5.75 Å². The van der Waals surface area contributed by atoms with Gasteiger partial charge in [-0.25, -0.2) is 4.98 Å². The molecule has 3 rings (SSSR count). The van der Waals surface area contributed by atoms with Crippen LogP contribution in [0.3, 0.4) is 0 Å². The van der Waals surface area contributed by atoms with Crippen molar-refractivity contribution in [2.45, 2.75) is 6.92 Å². The van der Waals surface area contributed by atoms with E-state index in [2.05, 4.69) is 52.7 Å². The van der Waals surface area contributed by atoms with Crippen LogP contribution in [0.25, 0.3) is 22.4 Å². The molecule has 1 heterocycles. The standard InChI is InChI=1S/C15H13IN2O/c1-9-3-5-13-12(7-9)17-15(18(13)2)11-8-10(16)4-6-14(11)19/h3-8,19H,1-2H3. The van der Waals surface area contributed by atoms with E-state index in [1.54, 1.807) is 6.07 Å². The van der Waals surface area contributed by atoms with Gasteiger partial charge in [-0.3, -0.25) is 0 Å². The lowest BCUT2D eigenvalue weighted by atomic mass is 10.2. The average Bonchev–Trinajstić information content (AvgIpc) is 2.69. The third-order valence-electron chi connectivity index (χ3n) is 3.24. The van der Waals surface area contributed by atoms with Crippen LogP contribution in [0.5, 0.6) is 5.75 Å². The summed E-state index contributed by atoms with van der Waals surface area (Å²) in [7, 11) is 1.97. The van der Waals surface area contributed by atoms with Crippen LogP contribution in [0.15, 0.2) is 36.4 Å². The number of hydrogen-bond acceptors (Lipinski definition) is 2. The Bertz CT molecular complexity index is 777. The highest BCUT2D eigenvalue weighted by Crippen LogP contribution is 2.31. The quantitative estimate of drug-likeness (QED) is 0.666. The molecule has 0 saturated carbocycles. The topological polar surface area (TPSA) is 38.1 Å². The van der Waals surface area contributed by atoms with Gasteiger partial charge in [-0.1, -0.05) is 6.07 Å². The average molecular weight is 364 g/mol. The highest BCUT2D eigenvalue weighted by atomic mass is 127. The lowest BCUT2D eigenvalue weighted by Crippen LogP contribution is -1.93. The molecule has 0 radical (unpaired) electrons. The second-order valence-electron chi connectivity index (χ2n) is 4.65. The molecule has 3 aromatic rings. The minimum atomic E-state index is 0.260. The summed E-state index contributed by atoms with van der Waals surface area (Å²) in [6.07, 6.45) is 0. The summed E-state index contributed by atoms with van der Waals surface area (Å²) in [5.41, 5.74) is 3.97. The molecule has 0 atom stereocenters. The summed E-state index contributed by atoms with van der Waals surface area (Å²) in [6, 6.07) is 11.7. The summed E-state index contributed by atoms with van der Waals surface area (Å²) in [5.74, 6) is 1.05. The first-order chi connectivity index (χ1) is 9.06. The van der Waals surface area contributed by atoms with E-state index in [0.717, 1.165) is 26.0 Å². The normalized spacial score (nSPS) is 11.1. The molecule has 3 nitrogen and oxygen atoms in total. The molecular weight excluding hydrogens is 351 g/mol. The van der Waals surface area contributed by atoms with E-state index in [4.69, 9.17) is 0 Å². The van der Waals surface area contributed by atoms with Gasteiger partial charge in [0, 0.05) is 10.6 Å². The highest BCUT2D eigenvalue weighted by Gasteiger charge is 2.13. The number of hydrogen-bond donors (Lipinski definition) is 1. The fourth-order valence-electron chi connectivity index (χ4n) is 2.24. The zero-order valence-electron chi connectivity index (χ0n) is 10.7. The zero-order valence-corrected chi connectivity index (χ0v) is 12.8. The van der Waals surface area contributed by atoms with Gasteiger partial charge < -0.3 is 9.67 Å².